The molecule has 1 aliphatic heterocycles. The Balaban J connectivity index is 1.78. The van der Waals surface area contributed by atoms with Gasteiger partial charge >= 0.3 is 5.97 Å². The van der Waals surface area contributed by atoms with E-state index in [-0.39, 0.29) is 12.6 Å². The Morgan fingerprint density at radius 2 is 2.09 bits per heavy atom. The SMILES string of the molecule is COC(=O)c1ccc(OCC(O)CN2CCCCC2C)cc1. The largest absolute Gasteiger partial charge is 0.491 e. The highest BCUT2D eigenvalue weighted by Gasteiger charge is 2.21. The molecule has 0 aromatic heterocycles. The number of hydrogen-bond donors (Lipinski definition) is 1. The van der Waals surface area contributed by atoms with Crippen LogP contribution < -0.4 is 4.74 Å². The first-order valence-electron chi connectivity index (χ1n) is 7.83. The average molecular weight is 307 g/mol. The fourth-order valence-corrected chi connectivity index (χ4v) is 2.75. The van der Waals surface area contributed by atoms with Crippen molar-refractivity contribution in [2.75, 3.05) is 26.8 Å². The summed E-state index contributed by atoms with van der Waals surface area (Å²) >= 11 is 0. The van der Waals surface area contributed by atoms with E-state index in [9.17, 15) is 9.90 Å². The lowest BCUT2D eigenvalue weighted by Gasteiger charge is -2.34. The maximum atomic E-state index is 11.3. The van der Waals surface area contributed by atoms with Gasteiger partial charge in [0.1, 0.15) is 18.5 Å². The zero-order valence-corrected chi connectivity index (χ0v) is 13.3. The van der Waals surface area contributed by atoms with Gasteiger partial charge in [0, 0.05) is 12.6 Å². The first-order valence-corrected chi connectivity index (χ1v) is 7.83. The van der Waals surface area contributed by atoms with Crippen molar-refractivity contribution in [1.29, 1.82) is 0 Å². The lowest BCUT2D eigenvalue weighted by Crippen LogP contribution is -2.43. The van der Waals surface area contributed by atoms with Crippen LogP contribution in [0.4, 0.5) is 0 Å². The molecule has 1 aliphatic rings. The molecule has 0 bridgehead atoms. The van der Waals surface area contributed by atoms with E-state index in [2.05, 4.69) is 16.6 Å². The lowest BCUT2D eigenvalue weighted by atomic mass is 10.0. The molecular weight excluding hydrogens is 282 g/mol. The minimum Gasteiger partial charge on any atom is -0.491 e. The summed E-state index contributed by atoms with van der Waals surface area (Å²) in [6.07, 6.45) is 3.16. The average Bonchev–Trinajstić information content (AvgIpc) is 2.55. The van der Waals surface area contributed by atoms with Crippen LogP contribution in [-0.2, 0) is 4.74 Å². The number of rotatable bonds is 6. The van der Waals surface area contributed by atoms with E-state index in [1.54, 1.807) is 24.3 Å². The summed E-state index contributed by atoms with van der Waals surface area (Å²) in [5.74, 6) is 0.268. The predicted octanol–water partition coefficient (Wildman–Crippen LogP) is 2.09. The Kier molecular flexibility index (Phi) is 6.21. The number of piperidine rings is 1. The second-order valence-electron chi connectivity index (χ2n) is 5.82. The molecule has 0 saturated carbocycles. The molecule has 2 atom stereocenters. The van der Waals surface area contributed by atoms with E-state index >= 15 is 0 Å². The van der Waals surface area contributed by atoms with Crippen LogP contribution in [0, 0.1) is 0 Å². The predicted molar refractivity (Wildman–Crippen MR) is 84.2 cm³/mol. The first-order chi connectivity index (χ1) is 10.6. The maximum absolute atomic E-state index is 11.3. The number of likely N-dealkylation sites (tertiary alicyclic amines) is 1. The van der Waals surface area contributed by atoms with Crippen molar-refractivity contribution in [2.24, 2.45) is 0 Å². The number of nitrogens with zero attached hydrogens (tertiary/aromatic N) is 1. The molecule has 22 heavy (non-hydrogen) atoms. The van der Waals surface area contributed by atoms with Crippen molar-refractivity contribution in [2.45, 2.75) is 38.3 Å². The molecule has 1 aromatic rings. The fraction of sp³-hybridized carbons (Fsp3) is 0.588. The Hall–Kier alpha value is -1.59. The van der Waals surface area contributed by atoms with Gasteiger partial charge in [-0.05, 0) is 50.6 Å². The van der Waals surface area contributed by atoms with E-state index in [0.717, 1.165) is 6.54 Å². The minimum atomic E-state index is -0.513. The van der Waals surface area contributed by atoms with Crippen LogP contribution in [0.5, 0.6) is 5.75 Å². The molecule has 1 N–H and O–H groups in total. The van der Waals surface area contributed by atoms with Crippen LogP contribution in [0.3, 0.4) is 0 Å². The highest BCUT2D eigenvalue weighted by Crippen LogP contribution is 2.17. The molecule has 1 heterocycles. The van der Waals surface area contributed by atoms with Crippen LogP contribution >= 0.6 is 0 Å². The summed E-state index contributed by atoms with van der Waals surface area (Å²) in [7, 11) is 1.35. The van der Waals surface area contributed by atoms with Gasteiger partial charge in [-0.2, -0.15) is 0 Å². The molecule has 2 unspecified atom stereocenters. The van der Waals surface area contributed by atoms with Crippen LogP contribution in [0.15, 0.2) is 24.3 Å². The number of carbonyl (C=O) groups is 1. The summed E-state index contributed by atoms with van der Waals surface area (Å²) in [5.41, 5.74) is 0.484. The third-order valence-electron chi connectivity index (χ3n) is 4.10. The third kappa shape index (κ3) is 4.71. The number of carbonyl (C=O) groups excluding carboxylic acids is 1. The number of ether oxygens (including phenoxy) is 2. The number of hydrogen-bond acceptors (Lipinski definition) is 5. The highest BCUT2D eigenvalue weighted by atomic mass is 16.5. The van der Waals surface area contributed by atoms with Gasteiger partial charge in [0.05, 0.1) is 12.7 Å². The van der Waals surface area contributed by atoms with Gasteiger partial charge in [-0.3, -0.25) is 4.90 Å². The second kappa shape index (κ2) is 8.15. The summed E-state index contributed by atoms with van der Waals surface area (Å²) < 4.78 is 10.2. The Morgan fingerprint density at radius 3 is 2.73 bits per heavy atom. The quantitative estimate of drug-likeness (QED) is 0.816. The molecule has 1 fully saturated rings. The van der Waals surface area contributed by atoms with Gasteiger partial charge in [0.25, 0.3) is 0 Å². The van der Waals surface area contributed by atoms with Gasteiger partial charge in [-0.1, -0.05) is 6.42 Å². The number of aliphatic hydroxyl groups excluding tert-OH is 1. The summed E-state index contributed by atoms with van der Waals surface area (Å²) in [6, 6.07) is 7.26. The maximum Gasteiger partial charge on any atom is 0.337 e. The zero-order chi connectivity index (χ0) is 15.9. The summed E-state index contributed by atoms with van der Waals surface area (Å²) in [5, 5.41) is 10.1. The van der Waals surface area contributed by atoms with E-state index in [4.69, 9.17) is 4.74 Å². The molecule has 5 heteroatoms. The van der Waals surface area contributed by atoms with E-state index < -0.39 is 6.10 Å². The number of benzene rings is 1. The Bertz CT molecular complexity index is 474. The molecule has 0 spiro atoms. The molecule has 1 saturated heterocycles. The van der Waals surface area contributed by atoms with Gasteiger partial charge in [0.2, 0.25) is 0 Å². The molecule has 1 aromatic carbocycles. The van der Waals surface area contributed by atoms with Crippen molar-refractivity contribution in [3.63, 3.8) is 0 Å². The van der Waals surface area contributed by atoms with Crippen LogP contribution in [0.1, 0.15) is 36.5 Å². The molecule has 0 aliphatic carbocycles. The van der Waals surface area contributed by atoms with E-state index in [0.29, 0.717) is 23.9 Å². The number of aliphatic hydroxyl groups is 1. The van der Waals surface area contributed by atoms with E-state index in [1.807, 2.05) is 0 Å². The summed E-state index contributed by atoms with van der Waals surface area (Å²) in [6.45, 7) is 4.15. The van der Waals surface area contributed by atoms with Crippen LogP contribution in [-0.4, -0.2) is 54.9 Å². The molecule has 0 amide bonds. The van der Waals surface area contributed by atoms with Crippen molar-refractivity contribution in [3.8, 4) is 5.75 Å². The van der Waals surface area contributed by atoms with Crippen LogP contribution in [0.2, 0.25) is 0 Å². The van der Waals surface area contributed by atoms with Gasteiger partial charge < -0.3 is 14.6 Å². The molecular formula is C17H25NO4. The first kappa shape index (κ1) is 16.8. The fourth-order valence-electron chi connectivity index (χ4n) is 2.75. The van der Waals surface area contributed by atoms with Crippen LogP contribution in [0.25, 0.3) is 0 Å². The number of β-amino-alcohol motifs (C(OH)–C–C–N with tert-alkyl or cyclic N) is 1. The second-order valence-corrected chi connectivity index (χ2v) is 5.82. The van der Waals surface area contributed by atoms with Gasteiger partial charge in [-0.15, -0.1) is 0 Å². The van der Waals surface area contributed by atoms with Crippen molar-refractivity contribution < 1.29 is 19.4 Å². The van der Waals surface area contributed by atoms with Crippen molar-refractivity contribution in [1.82, 2.24) is 4.90 Å². The standard InChI is InChI=1S/C17H25NO4/c1-13-5-3-4-10-18(13)11-15(19)12-22-16-8-6-14(7-9-16)17(20)21-2/h6-9,13,15,19H,3-5,10-12H2,1-2H3. The number of methoxy groups -OCH3 is 1. The molecule has 0 radical (unpaired) electrons. The van der Waals surface area contributed by atoms with Gasteiger partial charge in [-0.25, -0.2) is 4.79 Å². The lowest BCUT2D eigenvalue weighted by molar-refractivity contribution is 0.0437. The smallest absolute Gasteiger partial charge is 0.337 e. The third-order valence-corrected chi connectivity index (χ3v) is 4.10. The minimum absolute atomic E-state index is 0.251. The monoisotopic (exact) mass is 307 g/mol. The molecule has 5 nitrogen and oxygen atoms in total. The van der Waals surface area contributed by atoms with E-state index in [1.165, 1.54) is 26.4 Å². The highest BCUT2D eigenvalue weighted by molar-refractivity contribution is 5.89. The summed E-state index contributed by atoms with van der Waals surface area (Å²) in [4.78, 5) is 13.7. The van der Waals surface area contributed by atoms with Crippen molar-refractivity contribution in [3.05, 3.63) is 29.8 Å². The topological polar surface area (TPSA) is 59.0 Å². The van der Waals surface area contributed by atoms with Gasteiger partial charge in [0.15, 0.2) is 0 Å². The zero-order valence-electron chi connectivity index (χ0n) is 13.3. The molecule has 122 valence electrons. The Morgan fingerprint density at radius 1 is 1.36 bits per heavy atom. The Labute approximate surface area is 131 Å². The normalized spacial score (nSPS) is 20.4. The number of esters is 1. The van der Waals surface area contributed by atoms with Crippen molar-refractivity contribution >= 4 is 5.97 Å². The molecule has 2 rings (SSSR count).